The van der Waals surface area contributed by atoms with Crippen molar-refractivity contribution in [2.45, 2.75) is 13.1 Å². The molecule has 0 radical (unpaired) electrons. The molecule has 5 heteroatoms. The number of furan rings is 1. The van der Waals surface area contributed by atoms with E-state index >= 15 is 0 Å². The molecule has 0 saturated heterocycles. The number of nitrogens with zero attached hydrogens (tertiary/aromatic N) is 3. The van der Waals surface area contributed by atoms with Gasteiger partial charge in [-0.05, 0) is 35.0 Å². The fraction of sp³-hybridized carbons (Fsp3) is 0.0556. The van der Waals surface area contributed by atoms with Gasteiger partial charge >= 0.3 is 0 Å². The first kappa shape index (κ1) is 22.8. The number of benzene rings is 5. The highest BCUT2D eigenvalue weighted by Gasteiger charge is 2.42. The van der Waals surface area contributed by atoms with Gasteiger partial charge in [-0.2, -0.15) is 0 Å². The van der Waals surface area contributed by atoms with Crippen molar-refractivity contribution in [2.75, 3.05) is 0 Å². The summed E-state index contributed by atoms with van der Waals surface area (Å²) in [7, 11) is -2.13. The number of aromatic nitrogens is 3. The molecular formula is C36H25N3OSi. The Balaban J connectivity index is 1.47. The maximum Gasteiger partial charge on any atom is 0.162 e. The van der Waals surface area contributed by atoms with Crippen LogP contribution in [0.25, 0.3) is 72.2 Å². The van der Waals surface area contributed by atoms with Crippen molar-refractivity contribution in [1.82, 2.24) is 14.5 Å². The molecule has 0 fully saturated rings. The van der Waals surface area contributed by atoms with Crippen LogP contribution in [-0.2, 0) is 0 Å². The molecule has 0 amide bonds. The van der Waals surface area contributed by atoms with Crippen LogP contribution in [0, 0.1) is 0 Å². The second kappa shape index (κ2) is 8.02. The van der Waals surface area contributed by atoms with E-state index < -0.39 is 8.07 Å². The summed E-state index contributed by atoms with van der Waals surface area (Å²) in [5.74, 6) is 1.72. The zero-order chi connectivity index (χ0) is 27.3. The van der Waals surface area contributed by atoms with E-state index in [-0.39, 0.29) is 0 Å². The van der Waals surface area contributed by atoms with Gasteiger partial charge < -0.3 is 4.42 Å². The summed E-state index contributed by atoms with van der Waals surface area (Å²) in [6.45, 7) is 4.86. The Hall–Kier alpha value is -5.00. The Morgan fingerprint density at radius 2 is 1.37 bits per heavy atom. The van der Waals surface area contributed by atoms with Gasteiger partial charge in [0.2, 0.25) is 0 Å². The zero-order valence-electron chi connectivity index (χ0n) is 22.7. The molecule has 0 saturated carbocycles. The van der Waals surface area contributed by atoms with Crippen LogP contribution in [-0.4, -0.2) is 22.6 Å². The molecule has 8 aromatic rings. The lowest BCUT2D eigenvalue weighted by Gasteiger charge is -2.22. The molecule has 3 aromatic heterocycles. The third-order valence-electron chi connectivity index (χ3n) is 8.79. The number of rotatable bonds is 2. The summed E-state index contributed by atoms with van der Waals surface area (Å²) in [5, 5.41) is 7.26. The summed E-state index contributed by atoms with van der Waals surface area (Å²) in [5.41, 5.74) is 7.37. The lowest BCUT2D eigenvalue weighted by molar-refractivity contribution is 0.673. The van der Waals surface area contributed by atoms with Crippen molar-refractivity contribution >= 4 is 62.2 Å². The Bertz CT molecular complexity index is 2350. The molecule has 0 unspecified atom stereocenters. The van der Waals surface area contributed by atoms with Crippen molar-refractivity contribution in [1.29, 1.82) is 0 Å². The van der Waals surface area contributed by atoms with Gasteiger partial charge in [0.15, 0.2) is 5.82 Å². The monoisotopic (exact) mass is 543 g/mol. The molecule has 0 atom stereocenters. The SMILES string of the molecule is C[Si]1(C)c2ccccc2-c2nc(-c3ccccc3)nc(-n3c4ccccc4c4c5oc6ccccc6c5ccc43)c21. The standard InChI is InChI=1S/C36H25N3OSi/c1-41(2)30-19-11-8-16-26(30)32-34(41)36(38-35(37-32)22-12-4-3-5-13-22)39-27-17-9-6-15-25(27)31-28(39)21-20-24-23-14-7-10-18-29(23)40-33(24)31/h3-21H,1-2H3. The first-order valence-corrected chi connectivity index (χ1v) is 17.0. The number of hydrogen-bond donors (Lipinski definition) is 0. The van der Waals surface area contributed by atoms with E-state index in [0.29, 0.717) is 0 Å². The van der Waals surface area contributed by atoms with Gasteiger partial charge in [0.05, 0.1) is 22.1 Å². The fourth-order valence-electron chi connectivity index (χ4n) is 6.93. The molecule has 4 heterocycles. The van der Waals surface area contributed by atoms with E-state index in [9.17, 15) is 0 Å². The summed E-state index contributed by atoms with van der Waals surface area (Å²) in [6, 6.07) is 40.5. The molecule has 5 aromatic carbocycles. The lowest BCUT2D eigenvalue weighted by atomic mass is 10.1. The minimum Gasteiger partial charge on any atom is -0.455 e. The van der Waals surface area contributed by atoms with Gasteiger partial charge in [0, 0.05) is 26.9 Å². The fourth-order valence-corrected chi connectivity index (χ4v) is 10.1. The second-order valence-electron chi connectivity index (χ2n) is 11.4. The quantitative estimate of drug-likeness (QED) is 0.208. The highest BCUT2D eigenvalue weighted by Crippen LogP contribution is 2.41. The van der Waals surface area contributed by atoms with Crippen molar-refractivity contribution in [3.8, 4) is 28.5 Å². The van der Waals surface area contributed by atoms with E-state index in [2.05, 4.69) is 121 Å². The van der Waals surface area contributed by atoms with Crippen LogP contribution in [0.4, 0.5) is 0 Å². The maximum absolute atomic E-state index is 6.56. The summed E-state index contributed by atoms with van der Waals surface area (Å²) >= 11 is 0. The molecule has 0 N–H and O–H groups in total. The van der Waals surface area contributed by atoms with Gasteiger partial charge in [0.25, 0.3) is 0 Å². The Labute approximate surface area is 237 Å². The van der Waals surface area contributed by atoms with Gasteiger partial charge in [-0.25, -0.2) is 9.97 Å². The number of fused-ring (bicyclic) bond motifs is 10. The molecular weight excluding hydrogens is 519 g/mol. The van der Waals surface area contributed by atoms with Crippen LogP contribution >= 0.6 is 0 Å². The average Bonchev–Trinajstić information content (AvgIpc) is 3.63. The van der Waals surface area contributed by atoms with Crippen molar-refractivity contribution < 1.29 is 4.42 Å². The van der Waals surface area contributed by atoms with Crippen molar-refractivity contribution in [2.24, 2.45) is 0 Å². The molecule has 1 aliphatic heterocycles. The molecule has 194 valence electrons. The minimum atomic E-state index is -2.13. The van der Waals surface area contributed by atoms with Crippen LogP contribution < -0.4 is 10.4 Å². The van der Waals surface area contributed by atoms with Gasteiger partial charge in [0.1, 0.15) is 25.1 Å². The summed E-state index contributed by atoms with van der Waals surface area (Å²) < 4.78 is 8.93. The molecule has 0 aliphatic carbocycles. The topological polar surface area (TPSA) is 43.9 Å². The average molecular weight is 544 g/mol. The van der Waals surface area contributed by atoms with Crippen molar-refractivity contribution in [3.05, 3.63) is 115 Å². The van der Waals surface area contributed by atoms with Crippen molar-refractivity contribution in [3.63, 3.8) is 0 Å². The van der Waals surface area contributed by atoms with E-state index in [1.54, 1.807) is 0 Å². The van der Waals surface area contributed by atoms with Gasteiger partial charge in [-0.15, -0.1) is 0 Å². The summed E-state index contributed by atoms with van der Waals surface area (Å²) in [6.07, 6.45) is 0. The highest BCUT2D eigenvalue weighted by atomic mass is 28.3. The Morgan fingerprint density at radius 1 is 0.634 bits per heavy atom. The van der Waals surface area contributed by atoms with Crippen LogP contribution in [0.15, 0.2) is 120 Å². The minimum absolute atomic E-state index is 0.747. The van der Waals surface area contributed by atoms with Crippen LogP contribution in [0.3, 0.4) is 0 Å². The third kappa shape index (κ3) is 2.98. The second-order valence-corrected chi connectivity index (χ2v) is 15.7. The third-order valence-corrected chi connectivity index (χ3v) is 12.3. The number of hydrogen-bond acceptors (Lipinski definition) is 3. The maximum atomic E-state index is 6.56. The van der Waals surface area contributed by atoms with Crippen LogP contribution in [0.1, 0.15) is 0 Å². The first-order chi connectivity index (χ1) is 20.1. The van der Waals surface area contributed by atoms with E-state index in [1.165, 1.54) is 15.9 Å². The predicted octanol–water partition coefficient (Wildman–Crippen LogP) is 7.94. The highest BCUT2D eigenvalue weighted by molar-refractivity contribution is 7.04. The lowest BCUT2D eigenvalue weighted by Crippen LogP contribution is -2.51. The largest absolute Gasteiger partial charge is 0.455 e. The molecule has 41 heavy (non-hydrogen) atoms. The zero-order valence-corrected chi connectivity index (χ0v) is 23.7. The van der Waals surface area contributed by atoms with Gasteiger partial charge in [-0.1, -0.05) is 104 Å². The number of para-hydroxylation sites is 2. The molecule has 0 bridgehead atoms. The molecule has 4 nitrogen and oxygen atoms in total. The van der Waals surface area contributed by atoms with E-state index in [4.69, 9.17) is 14.4 Å². The van der Waals surface area contributed by atoms with Crippen LogP contribution in [0.2, 0.25) is 13.1 Å². The molecule has 9 rings (SSSR count). The Kier molecular flexibility index (Phi) is 4.46. The van der Waals surface area contributed by atoms with E-state index in [0.717, 1.165) is 66.6 Å². The molecule has 1 aliphatic rings. The summed E-state index contributed by atoms with van der Waals surface area (Å²) in [4.78, 5) is 10.7. The molecule has 0 spiro atoms. The van der Waals surface area contributed by atoms with E-state index in [1.807, 2.05) is 12.1 Å². The first-order valence-electron chi connectivity index (χ1n) is 14.0. The predicted molar refractivity (Wildman–Crippen MR) is 171 cm³/mol. The van der Waals surface area contributed by atoms with Crippen LogP contribution in [0.5, 0.6) is 0 Å². The normalized spacial score (nSPS) is 13.8. The van der Waals surface area contributed by atoms with Gasteiger partial charge in [-0.3, -0.25) is 4.57 Å². The smallest absolute Gasteiger partial charge is 0.162 e. The Morgan fingerprint density at radius 3 is 2.24 bits per heavy atom.